The van der Waals surface area contributed by atoms with Gasteiger partial charge in [0.2, 0.25) is 5.91 Å². The Labute approximate surface area is 117 Å². The molecule has 4 unspecified atom stereocenters. The molecule has 0 spiro atoms. The third kappa shape index (κ3) is 3.13. The van der Waals surface area contributed by atoms with Gasteiger partial charge in [-0.25, -0.2) is 0 Å². The zero-order valence-electron chi connectivity index (χ0n) is 12.9. The van der Waals surface area contributed by atoms with Gasteiger partial charge in [-0.15, -0.1) is 0 Å². The Hall–Kier alpha value is -0.570. The molecule has 2 aliphatic rings. The summed E-state index contributed by atoms with van der Waals surface area (Å²) in [5, 5.41) is 0. The second kappa shape index (κ2) is 5.82. The monoisotopic (exact) mass is 266 g/mol. The van der Waals surface area contributed by atoms with Gasteiger partial charge in [0.05, 0.1) is 5.92 Å². The van der Waals surface area contributed by atoms with Crippen LogP contribution >= 0.6 is 0 Å². The maximum absolute atomic E-state index is 12.9. The van der Waals surface area contributed by atoms with E-state index in [-0.39, 0.29) is 12.0 Å². The van der Waals surface area contributed by atoms with Gasteiger partial charge in [-0.05, 0) is 42.9 Å². The highest BCUT2D eigenvalue weighted by atomic mass is 16.2. The summed E-state index contributed by atoms with van der Waals surface area (Å²) >= 11 is 0. The summed E-state index contributed by atoms with van der Waals surface area (Å²) in [5.41, 5.74) is 6.32. The van der Waals surface area contributed by atoms with Crippen LogP contribution in [0.3, 0.4) is 0 Å². The molecule has 0 aromatic heterocycles. The Morgan fingerprint density at radius 3 is 2.05 bits per heavy atom. The molecule has 3 nitrogen and oxygen atoms in total. The van der Waals surface area contributed by atoms with Crippen molar-refractivity contribution in [1.29, 1.82) is 0 Å². The van der Waals surface area contributed by atoms with Crippen LogP contribution in [0.5, 0.6) is 0 Å². The second-order valence-electron chi connectivity index (χ2n) is 7.47. The van der Waals surface area contributed by atoms with E-state index in [9.17, 15) is 4.79 Å². The molecular formula is C16H30N2O. The van der Waals surface area contributed by atoms with Gasteiger partial charge in [0, 0.05) is 19.1 Å². The minimum Gasteiger partial charge on any atom is -0.342 e. The van der Waals surface area contributed by atoms with Gasteiger partial charge in [0.15, 0.2) is 0 Å². The van der Waals surface area contributed by atoms with Crippen LogP contribution in [-0.4, -0.2) is 29.9 Å². The Bertz CT molecular complexity index is 315. The van der Waals surface area contributed by atoms with Crippen LogP contribution in [0, 0.1) is 29.6 Å². The number of amides is 1. The van der Waals surface area contributed by atoms with E-state index in [1.807, 2.05) is 0 Å². The fraction of sp³-hybridized carbons (Fsp3) is 0.938. The van der Waals surface area contributed by atoms with Gasteiger partial charge in [-0.1, -0.05) is 27.7 Å². The molecule has 4 atom stereocenters. The average molecular weight is 266 g/mol. The van der Waals surface area contributed by atoms with Crippen molar-refractivity contribution in [2.75, 3.05) is 13.1 Å². The van der Waals surface area contributed by atoms with Crippen molar-refractivity contribution in [1.82, 2.24) is 4.90 Å². The number of carbonyl (C=O) groups excluding carboxylic acids is 1. The quantitative estimate of drug-likeness (QED) is 0.831. The smallest absolute Gasteiger partial charge is 0.227 e. The highest BCUT2D eigenvalue weighted by Crippen LogP contribution is 2.48. The highest BCUT2D eigenvalue weighted by molar-refractivity contribution is 5.80. The van der Waals surface area contributed by atoms with E-state index in [2.05, 4.69) is 32.6 Å². The van der Waals surface area contributed by atoms with E-state index >= 15 is 0 Å². The summed E-state index contributed by atoms with van der Waals surface area (Å²) in [6.07, 6.45) is 3.64. The van der Waals surface area contributed by atoms with Crippen molar-refractivity contribution < 1.29 is 4.79 Å². The van der Waals surface area contributed by atoms with E-state index < -0.39 is 0 Å². The molecule has 2 rings (SSSR count). The van der Waals surface area contributed by atoms with E-state index in [1.54, 1.807) is 0 Å². The number of nitrogens with zero attached hydrogens (tertiary/aromatic N) is 1. The number of fused-ring (bicyclic) bond motifs is 2. The van der Waals surface area contributed by atoms with Gasteiger partial charge in [-0.2, -0.15) is 0 Å². The SMILES string of the molecule is CC(C)CN(CC(C)C)C(=O)C1C2CCC(C2)C1N. The van der Waals surface area contributed by atoms with Crippen LogP contribution in [0.15, 0.2) is 0 Å². The lowest BCUT2D eigenvalue weighted by atomic mass is 9.83. The lowest BCUT2D eigenvalue weighted by Crippen LogP contribution is -2.48. The molecule has 19 heavy (non-hydrogen) atoms. The summed E-state index contributed by atoms with van der Waals surface area (Å²) in [6, 6.07) is 0.119. The number of carbonyl (C=O) groups is 1. The van der Waals surface area contributed by atoms with E-state index in [0.29, 0.717) is 29.6 Å². The first-order valence-corrected chi connectivity index (χ1v) is 7.94. The molecule has 110 valence electrons. The highest BCUT2D eigenvalue weighted by Gasteiger charge is 2.50. The molecule has 2 bridgehead atoms. The van der Waals surface area contributed by atoms with Crippen LogP contribution < -0.4 is 5.73 Å². The molecule has 2 N–H and O–H groups in total. The fourth-order valence-corrected chi connectivity index (χ4v) is 4.05. The van der Waals surface area contributed by atoms with Crippen LogP contribution in [0.2, 0.25) is 0 Å². The van der Waals surface area contributed by atoms with Gasteiger partial charge in [-0.3, -0.25) is 4.79 Å². The molecule has 0 aromatic carbocycles. The van der Waals surface area contributed by atoms with Crippen molar-refractivity contribution in [3.05, 3.63) is 0 Å². The first kappa shape index (κ1) is 14.8. The zero-order valence-corrected chi connectivity index (χ0v) is 12.9. The molecule has 2 fully saturated rings. The zero-order chi connectivity index (χ0) is 14.2. The Morgan fingerprint density at radius 2 is 1.63 bits per heavy atom. The standard InChI is InChI=1S/C16H30N2O/c1-10(2)8-18(9-11(3)4)16(19)14-12-5-6-13(7-12)15(14)17/h10-15H,5-9,17H2,1-4H3. The van der Waals surface area contributed by atoms with Gasteiger partial charge >= 0.3 is 0 Å². The van der Waals surface area contributed by atoms with E-state index in [0.717, 1.165) is 13.1 Å². The number of rotatable bonds is 5. The third-order valence-corrected chi connectivity index (χ3v) is 4.75. The Morgan fingerprint density at radius 1 is 1.11 bits per heavy atom. The predicted octanol–water partition coefficient (Wildman–Crippen LogP) is 2.50. The average Bonchev–Trinajstić information content (AvgIpc) is 2.86. The third-order valence-electron chi connectivity index (χ3n) is 4.75. The first-order chi connectivity index (χ1) is 8.90. The maximum Gasteiger partial charge on any atom is 0.227 e. The van der Waals surface area contributed by atoms with Gasteiger partial charge < -0.3 is 10.6 Å². The summed E-state index contributed by atoms with van der Waals surface area (Å²) in [5.74, 6) is 2.67. The number of hydrogen-bond acceptors (Lipinski definition) is 2. The molecule has 0 aromatic rings. The first-order valence-electron chi connectivity index (χ1n) is 7.94. The van der Waals surface area contributed by atoms with Crippen molar-refractivity contribution in [3.63, 3.8) is 0 Å². The molecule has 0 radical (unpaired) electrons. The lowest BCUT2D eigenvalue weighted by molar-refractivity contribution is -0.138. The van der Waals surface area contributed by atoms with Gasteiger partial charge in [0.1, 0.15) is 0 Å². The minimum absolute atomic E-state index is 0.108. The fourth-order valence-electron chi connectivity index (χ4n) is 4.05. The van der Waals surface area contributed by atoms with Crippen LogP contribution in [0.1, 0.15) is 47.0 Å². The maximum atomic E-state index is 12.9. The minimum atomic E-state index is 0.108. The normalized spacial score (nSPS) is 33.4. The summed E-state index contributed by atoms with van der Waals surface area (Å²) in [7, 11) is 0. The predicted molar refractivity (Wildman–Crippen MR) is 78.6 cm³/mol. The van der Waals surface area contributed by atoms with Crippen molar-refractivity contribution >= 4 is 5.91 Å². The van der Waals surface area contributed by atoms with Crippen molar-refractivity contribution in [3.8, 4) is 0 Å². The van der Waals surface area contributed by atoms with Crippen LogP contribution in [-0.2, 0) is 4.79 Å². The molecule has 0 aliphatic heterocycles. The van der Waals surface area contributed by atoms with Crippen LogP contribution in [0.25, 0.3) is 0 Å². The Kier molecular flexibility index (Phi) is 4.54. The summed E-state index contributed by atoms with van der Waals surface area (Å²) < 4.78 is 0. The summed E-state index contributed by atoms with van der Waals surface area (Å²) in [4.78, 5) is 14.9. The number of hydrogen-bond donors (Lipinski definition) is 1. The number of nitrogens with two attached hydrogens (primary N) is 1. The van der Waals surface area contributed by atoms with Crippen molar-refractivity contribution in [2.45, 2.75) is 53.0 Å². The topological polar surface area (TPSA) is 46.3 Å². The molecule has 2 saturated carbocycles. The lowest BCUT2D eigenvalue weighted by Gasteiger charge is -2.34. The van der Waals surface area contributed by atoms with E-state index in [4.69, 9.17) is 5.73 Å². The van der Waals surface area contributed by atoms with E-state index in [1.165, 1.54) is 19.3 Å². The molecule has 0 saturated heterocycles. The molecular weight excluding hydrogens is 236 g/mol. The molecule has 2 aliphatic carbocycles. The van der Waals surface area contributed by atoms with Crippen LogP contribution in [0.4, 0.5) is 0 Å². The second-order valence-corrected chi connectivity index (χ2v) is 7.47. The molecule has 0 heterocycles. The molecule has 1 amide bonds. The largest absolute Gasteiger partial charge is 0.342 e. The molecule has 3 heteroatoms. The van der Waals surface area contributed by atoms with Crippen molar-refractivity contribution in [2.24, 2.45) is 35.3 Å². The Balaban J connectivity index is 2.06. The summed E-state index contributed by atoms with van der Waals surface area (Å²) in [6.45, 7) is 10.5. The van der Waals surface area contributed by atoms with Gasteiger partial charge in [0.25, 0.3) is 0 Å².